The first-order valence-corrected chi connectivity index (χ1v) is 7.25. The molecule has 0 aliphatic heterocycles. The van der Waals surface area contributed by atoms with Crippen molar-refractivity contribution in [1.82, 2.24) is 4.57 Å². The fraction of sp³-hybridized carbons (Fsp3) is 0.312. The average Bonchev–Trinajstić information content (AvgIpc) is 2.81. The average molecular weight is 316 g/mol. The maximum atomic E-state index is 12.4. The van der Waals surface area contributed by atoms with E-state index >= 15 is 0 Å². The minimum absolute atomic E-state index is 0.347. The summed E-state index contributed by atoms with van der Waals surface area (Å²) in [5.41, 5.74) is 1.46. The third-order valence-electron chi connectivity index (χ3n) is 4.15. The quantitative estimate of drug-likeness (QED) is 0.840. The van der Waals surface area contributed by atoms with Gasteiger partial charge in [-0.3, -0.25) is 14.2 Å². The molecule has 23 heavy (non-hydrogen) atoms. The van der Waals surface area contributed by atoms with E-state index in [9.17, 15) is 19.5 Å². The van der Waals surface area contributed by atoms with Gasteiger partial charge in [0.25, 0.3) is 0 Å². The number of nitrogens with one attached hydrogen (secondary N) is 1. The molecule has 1 heterocycles. The van der Waals surface area contributed by atoms with E-state index in [1.165, 1.54) is 4.57 Å². The molecular weight excluding hydrogens is 300 g/mol. The summed E-state index contributed by atoms with van der Waals surface area (Å²) in [6, 6.07) is 4.89. The summed E-state index contributed by atoms with van der Waals surface area (Å²) in [4.78, 5) is 35.1. The topological polar surface area (TPSA) is 102 Å². The number of rotatable bonds is 3. The Labute approximate surface area is 131 Å². The van der Waals surface area contributed by atoms with Crippen LogP contribution in [0.1, 0.15) is 12.8 Å². The van der Waals surface area contributed by atoms with E-state index in [2.05, 4.69) is 5.32 Å². The number of amides is 1. The second kappa shape index (κ2) is 5.75. The lowest BCUT2D eigenvalue weighted by Crippen LogP contribution is -2.34. The molecule has 7 nitrogen and oxygen atoms in total. The first-order valence-electron chi connectivity index (χ1n) is 7.25. The fourth-order valence-electron chi connectivity index (χ4n) is 2.82. The van der Waals surface area contributed by atoms with Gasteiger partial charge in [-0.2, -0.15) is 0 Å². The number of hydrogen-bond donors (Lipinski definition) is 2. The van der Waals surface area contributed by atoms with Crippen LogP contribution in [0.5, 0.6) is 0 Å². The van der Waals surface area contributed by atoms with E-state index in [0.29, 0.717) is 29.6 Å². The van der Waals surface area contributed by atoms with Gasteiger partial charge in [0.05, 0.1) is 17.4 Å². The van der Waals surface area contributed by atoms with E-state index < -0.39 is 23.6 Å². The number of aromatic nitrogens is 1. The first kappa shape index (κ1) is 15.1. The van der Waals surface area contributed by atoms with Crippen molar-refractivity contribution in [2.24, 2.45) is 18.9 Å². The maximum absolute atomic E-state index is 12.4. The molecule has 1 aromatic carbocycles. The summed E-state index contributed by atoms with van der Waals surface area (Å²) >= 11 is 0. The van der Waals surface area contributed by atoms with E-state index in [4.69, 9.17) is 4.42 Å². The summed E-state index contributed by atoms with van der Waals surface area (Å²) in [5, 5.41) is 11.9. The van der Waals surface area contributed by atoms with Crippen molar-refractivity contribution in [3.05, 3.63) is 40.9 Å². The Hall–Kier alpha value is -2.83. The highest BCUT2D eigenvalue weighted by Crippen LogP contribution is 2.27. The zero-order valence-electron chi connectivity index (χ0n) is 12.5. The van der Waals surface area contributed by atoms with Gasteiger partial charge in [-0.25, -0.2) is 4.79 Å². The molecule has 0 fully saturated rings. The number of hydrogen-bond acceptors (Lipinski definition) is 4. The molecule has 1 amide bonds. The van der Waals surface area contributed by atoms with Crippen molar-refractivity contribution in [1.29, 1.82) is 0 Å². The van der Waals surface area contributed by atoms with Crippen LogP contribution in [0, 0.1) is 11.8 Å². The van der Waals surface area contributed by atoms with Crippen molar-refractivity contribution in [3.8, 4) is 0 Å². The predicted octanol–water partition coefficient (Wildman–Crippen LogP) is 1.74. The zero-order valence-corrected chi connectivity index (χ0v) is 12.5. The molecule has 3 rings (SSSR count). The second-order valence-electron chi connectivity index (χ2n) is 5.59. The zero-order chi connectivity index (χ0) is 16.6. The Bertz CT molecular complexity index is 861. The van der Waals surface area contributed by atoms with Gasteiger partial charge in [0, 0.05) is 18.8 Å². The van der Waals surface area contributed by atoms with Gasteiger partial charge in [0.15, 0.2) is 5.58 Å². The molecule has 2 N–H and O–H groups in total. The van der Waals surface area contributed by atoms with E-state index in [1.807, 2.05) is 6.08 Å². The minimum Gasteiger partial charge on any atom is -0.481 e. The summed E-state index contributed by atoms with van der Waals surface area (Å²) in [7, 11) is 1.60. The third kappa shape index (κ3) is 2.77. The van der Waals surface area contributed by atoms with Gasteiger partial charge in [-0.15, -0.1) is 0 Å². The number of carboxylic acids is 1. The van der Waals surface area contributed by atoms with Crippen LogP contribution < -0.4 is 11.1 Å². The van der Waals surface area contributed by atoms with Gasteiger partial charge in [0.2, 0.25) is 5.91 Å². The van der Waals surface area contributed by atoms with Crippen LogP contribution in [0.4, 0.5) is 5.69 Å². The van der Waals surface area contributed by atoms with Gasteiger partial charge >= 0.3 is 11.7 Å². The lowest BCUT2D eigenvalue weighted by Gasteiger charge is -2.24. The van der Waals surface area contributed by atoms with Crippen molar-refractivity contribution >= 4 is 28.7 Å². The van der Waals surface area contributed by atoms with Crippen LogP contribution in [0.15, 0.2) is 39.6 Å². The Morgan fingerprint density at radius 1 is 1.26 bits per heavy atom. The molecule has 7 heteroatoms. The van der Waals surface area contributed by atoms with Crippen LogP contribution in [0.2, 0.25) is 0 Å². The molecule has 120 valence electrons. The summed E-state index contributed by atoms with van der Waals surface area (Å²) in [6.45, 7) is 0. The minimum atomic E-state index is -0.973. The van der Waals surface area contributed by atoms with Gasteiger partial charge < -0.3 is 14.8 Å². The Balaban J connectivity index is 1.83. The molecule has 0 radical (unpaired) electrons. The van der Waals surface area contributed by atoms with Crippen LogP contribution in [0.3, 0.4) is 0 Å². The number of aliphatic carboxylic acids is 1. The number of allylic oxidation sites excluding steroid dienone is 2. The smallest absolute Gasteiger partial charge is 0.419 e. The number of fused-ring (bicyclic) bond motifs is 1. The first-order chi connectivity index (χ1) is 11.0. The molecule has 2 aromatic rings. The van der Waals surface area contributed by atoms with Crippen LogP contribution in [-0.2, 0) is 16.6 Å². The van der Waals surface area contributed by atoms with Crippen LogP contribution in [0.25, 0.3) is 11.1 Å². The van der Waals surface area contributed by atoms with Crippen molar-refractivity contribution in [3.63, 3.8) is 0 Å². The Morgan fingerprint density at radius 2 is 1.96 bits per heavy atom. The maximum Gasteiger partial charge on any atom is 0.419 e. The van der Waals surface area contributed by atoms with Crippen LogP contribution in [-0.4, -0.2) is 21.6 Å². The van der Waals surface area contributed by atoms with Crippen LogP contribution >= 0.6 is 0 Å². The summed E-state index contributed by atoms with van der Waals surface area (Å²) in [5.74, 6) is -3.14. The number of benzene rings is 1. The molecule has 0 bridgehead atoms. The van der Waals surface area contributed by atoms with Crippen molar-refractivity contribution in [2.45, 2.75) is 12.8 Å². The van der Waals surface area contributed by atoms with Gasteiger partial charge in [-0.05, 0) is 25.0 Å². The van der Waals surface area contributed by atoms with Gasteiger partial charge in [0.1, 0.15) is 0 Å². The molecular formula is C16H16N2O5. The van der Waals surface area contributed by atoms with Crippen molar-refractivity contribution in [2.75, 3.05) is 5.32 Å². The Morgan fingerprint density at radius 3 is 2.65 bits per heavy atom. The number of oxazole rings is 1. The number of nitrogens with zero attached hydrogens (tertiary/aromatic N) is 1. The number of carbonyl (C=O) groups excluding carboxylic acids is 1. The highest BCUT2D eigenvalue weighted by molar-refractivity contribution is 5.96. The lowest BCUT2D eigenvalue weighted by molar-refractivity contribution is -0.146. The lowest BCUT2D eigenvalue weighted by atomic mass is 9.82. The molecule has 1 aliphatic rings. The monoisotopic (exact) mass is 316 g/mol. The number of anilines is 1. The largest absolute Gasteiger partial charge is 0.481 e. The molecule has 0 saturated carbocycles. The highest BCUT2D eigenvalue weighted by Gasteiger charge is 2.33. The van der Waals surface area contributed by atoms with Crippen molar-refractivity contribution < 1.29 is 19.1 Å². The molecule has 1 aromatic heterocycles. The molecule has 0 unspecified atom stereocenters. The SMILES string of the molecule is Cn1c(=O)oc2cc(NC(=O)[C@H]3CC=CC[C@@H]3C(=O)O)ccc21. The number of aryl methyl sites for hydroxylation is 1. The summed E-state index contributed by atoms with van der Waals surface area (Å²) < 4.78 is 6.44. The molecule has 0 saturated heterocycles. The molecule has 0 spiro atoms. The summed E-state index contributed by atoms with van der Waals surface area (Å²) in [6.07, 6.45) is 4.35. The number of carbonyl (C=O) groups is 2. The molecule has 1 aliphatic carbocycles. The molecule has 2 atom stereocenters. The third-order valence-corrected chi connectivity index (χ3v) is 4.15. The Kier molecular flexibility index (Phi) is 3.77. The predicted molar refractivity (Wildman–Crippen MR) is 83.1 cm³/mol. The van der Waals surface area contributed by atoms with E-state index in [0.717, 1.165) is 0 Å². The second-order valence-corrected chi connectivity index (χ2v) is 5.59. The van der Waals surface area contributed by atoms with E-state index in [1.54, 1.807) is 31.3 Å². The van der Waals surface area contributed by atoms with Gasteiger partial charge in [-0.1, -0.05) is 12.2 Å². The van der Waals surface area contributed by atoms with E-state index in [-0.39, 0.29) is 5.91 Å². The normalized spacial score (nSPS) is 20.6. The standard InChI is InChI=1S/C16H16N2O5/c1-18-12-7-6-9(8-13(12)23-16(18)22)17-14(19)10-4-2-3-5-11(10)15(20)21/h2-3,6-8,10-11H,4-5H2,1H3,(H,17,19)(H,20,21)/t10-,11-/m0/s1. The fourth-order valence-corrected chi connectivity index (χ4v) is 2.82. The number of carboxylic acid groups (broad SMARTS) is 1. The highest BCUT2D eigenvalue weighted by atomic mass is 16.4.